The molecule has 6 heteroatoms. The summed E-state index contributed by atoms with van der Waals surface area (Å²) in [6.07, 6.45) is 4.15. The van der Waals surface area contributed by atoms with Crippen molar-refractivity contribution >= 4 is 11.9 Å². The summed E-state index contributed by atoms with van der Waals surface area (Å²) in [7, 11) is 0. The lowest BCUT2D eigenvalue weighted by Gasteiger charge is -2.28. The lowest BCUT2D eigenvalue weighted by atomic mass is 9.79. The number of aromatic nitrogens is 2. The molecule has 0 saturated heterocycles. The van der Waals surface area contributed by atoms with Crippen LogP contribution in [-0.2, 0) is 4.79 Å². The largest absolute Gasteiger partial charge is 0.408 e. The van der Waals surface area contributed by atoms with Gasteiger partial charge in [-0.2, -0.15) is 0 Å². The number of nitrogens with one attached hydrogen (secondary N) is 1. The Morgan fingerprint density at radius 3 is 2.88 bits per heavy atom. The zero-order chi connectivity index (χ0) is 12.3. The van der Waals surface area contributed by atoms with E-state index >= 15 is 0 Å². The lowest BCUT2D eigenvalue weighted by Crippen LogP contribution is -2.35. The van der Waals surface area contributed by atoms with Gasteiger partial charge in [-0.05, 0) is 25.3 Å². The molecule has 1 heterocycles. The third-order valence-electron chi connectivity index (χ3n) is 3.30. The summed E-state index contributed by atoms with van der Waals surface area (Å²) >= 11 is 0. The maximum Gasteiger partial charge on any atom is 0.322 e. The van der Waals surface area contributed by atoms with Crippen molar-refractivity contribution in [2.24, 2.45) is 17.6 Å². The summed E-state index contributed by atoms with van der Waals surface area (Å²) in [6.45, 7) is 2.24. The predicted molar refractivity (Wildman–Crippen MR) is 62.2 cm³/mol. The van der Waals surface area contributed by atoms with Gasteiger partial charge in [0.2, 0.25) is 11.8 Å². The molecule has 1 aliphatic carbocycles. The molecule has 1 aromatic rings. The van der Waals surface area contributed by atoms with Crippen molar-refractivity contribution in [3.8, 4) is 0 Å². The van der Waals surface area contributed by atoms with Crippen molar-refractivity contribution in [3.63, 3.8) is 0 Å². The molecule has 6 nitrogen and oxygen atoms in total. The van der Waals surface area contributed by atoms with Crippen LogP contribution in [0.4, 0.5) is 6.01 Å². The molecule has 2 atom stereocenters. The van der Waals surface area contributed by atoms with Crippen LogP contribution in [0.2, 0.25) is 0 Å². The second-order valence-corrected chi connectivity index (χ2v) is 4.50. The molecular weight excluding hydrogens is 220 g/mol. The van der Waals surface area contributed by atoms with E-state index in [1.165, 1.54) is 0 Å². The van der Waals surface area contributed by atoms with Crippen LogP contribution in [0.25, 0.3) is 0 Å². The second kappa shape index (κ2) is 5.27. The maximum absolute atomic E-state index is 12.1. The Morgan fingerprint density at radius 1 is 1.47 bits per heavy atom. The van der Waals surface area contributed by atoms with Crippen molar-refractivity contribution in [3.05, 3.63) is 5.89 Å². The van der Waals surface area contributed by atoms with Crippen LogP contribution in [0, 0.1) is 18.8 Å². The van der Waals surface area contributed by atoms with Crippen LogP contribution >= 0.6 is 0 Å². The van der Waals surface area contributed by atoms with Crippen LogP contribution in [0.3, 0.4) is 0 Å². The SMILES string of the molecule is Cc1nnc(NC(=O)C2CCCCC2CN)o1. The summed E-state index contributed by atoms with van der Waals surface area (Å²) in [5, 5.41) is 10.1. The molecule has 2 unspecified atom stereocenters. The molecular formula is C11H18N4O2. The normalized spacial score (nSPS) is 24.6. The fourth-order valence-electron chi connectivity index (χ4n) is 2.38. The molecule has 1 aromatic heterocycles. The van der Waals surface area contributed by atoms with Gasteiger partial charge in [-0.3, -0.25) is 10.1 Å². The van der Waals surface area contributed by atoms with Gasteiger partial charge < -0.3 is 10.2 Å². The number of hydrogen-bond acceptors (Lipinski definition) is 5. The summed E-state index contributed by atoms with van der Waals surface area (Å²) in [5.41, 5.74) is 5.70. The molecule has 0 aliphatic heterocycles. The van der Waals surface area contributed by atoms with Crippen molar-refractivity contribution < 1.29 is 9.21 Å². The van der Waals surface area contributed by atoms with E-state index < -0.39 is 0 Å². The average molecular weight is 238 g/mol. The minimum absolute atomic E-state index is 0.0269. The fraction of sp³-hybridized carbons (Fsp3) is 0.727. The van der Waals surface area contributed by atoms with E-state index in [-0.39, 0.29) is 23.8 Å². The quantitative estimate of drug-likeness (QED) is 0.821. The van der Waals surface area contributed by atoms with Gasteiger partial charge in [0.25, 0.3) is 0 Å². The van der Waals surface area contributed by atoms with Crippen LogP contribution in [0.15, 0.2) is 4.42 Å². The Kier molecular flexibility index (Phi) is 3.73. The van der Waals surface area contributed by atoms with Crippen molar-refractivity contribution in [2.75, 3.05) is 11.9 Å². The molecule has 1 fully saturated rings. The van der Waals surface area contributed by atoms with E-state index in [2.05, 4.69) is 15.5 Å². The summed E-state index contributed by atoms with van der Waals surface area (Å²) in [4.78, 5) is 12.1. The lowest BCUT2D eigenvalue weighted by molar-refractivity contribution is -0.122. The first-order valence-corrected chi connectivity index (χ1v) is 6.01. The number of rotatable bonds is 3. The van der Waals surface area contributed by atoms with Gasteiger partial charge in [0.05, 0.1) is 0 Å². The van der Waals surface area contributed by atoms with E-state index in [0.717, 1.165) is 25.7 Å². The average Bonchev–Trinajstić information content (AvgIpc) is 2.74. The highest BCUT2D eigenvalue weighted by molar-refractivity contribution is 5.90. The monoisotopic (exact) mass is 238 g/mol. The maximum atomic E-state index is 12.1. The van der Waals surface area contributed by atoms with Crippen LogP contribution in [-0.4, -0.2) is 22.6 Å². The van der Waals surface area contributed by atoms with E-state index in [0.29, 0.717) is 12.4 Å². The Hall–Kier alpha value is -1.43. The first-order valence-electron chi connectivity index (χ1n) is 6.01. The highest BCUT2D eigenvalue weighted by atomic mass is 16.4. The van der Waals surface area contributed by atoms with E-state index in [1.54, 1.807) is 6.92 Å². The minimum Gasteiger partial charge on any atom is -0.408 e. The van der Waals surface area contributed by atoms with Crippen molar-refractivity contribution in [2.45, 2.75) is 32.6 Å². The van der Waals surface area contributed by atoms with Gasteiger partial charge >= 0.3 is 6.01 Å². The Morgan fingerprint density at radius 2 is 2.24 bits per heavy atom. The summed E-state index contributed by atoms with van der Waals surface area (Å²) in [5.74, 6) is 0.636. The highest BCUT2D eigenvalue weighted by Gasteiger charge is 2.30. The third kappa shape index (κ3) is 2.82. The Bertz CT molecular complexity index is 391. The molecule has 2 rings (SSSR count). The Balaban J connectivity index is 1.98. The summed E-state index contributed by atoms with van der Waals surface area (Å²) in [6, 6.07) is 0.175. The number of anilines is 1. The minimum atomic E-state index is -0.0520. The molecule has 1 saturated carbocycles. The van der Waals surface area contributed by atoms with Gasteiger partial charge in [0.1, 0.15) is 0 Å². The van der Waals surface area contributed by atoms with E-state index in [4.69, 9.17) is 10.2 Å². The van der Waals surface area contributed by atoms with E-state index in [1.807, 2.05) is 0 Å². The van der Waals surface area contributed by atoms with Gasteiger partial charge in [0, 0.05) is 12.8 Å². The standard InChI is InChI=1S/C11H18N4O2/c1-7-14-15-11(17-7)13-10(16)9-5-3-2-4-8(9)6-12/h8-9H,2-6,12H2,1H3,(H,13,15,16). The molecule has 1 amide bonds. The van der Waals surface area contributed by atoms with Gasteiger partial charge in [-0.15, -0.1) is 5.10 Å². The van der Waals surface area contributed by atoms with Gasteiger partial charge in [-0.25, -0.2) is 0 Å². The number of carbonyl (C=O) groups excluding carboxylic acids is 1. The van der Waals surface area contributed by atoms with Gasteiger partial charge in [-0.1, -0.05) is 17.9 Å². The number of hydrogen-bond donors (Lipinski definition) is 2. The molecule has 1 aliphatic rings. The second-order valence-electron chi connectivity index (χ2n) is 4.50. The van der Waals surface area contributed by atoms with E-state index in [9.17, 15) is 4.79 Å². The number of amides is 1. The number of nitrogens with zero attached hydrogens (tertiary/aromatic N) is 2. The molecule has 0 aromatic carbocycles. The van der Waals surface area contributed by atoms with Crippen LogP contribution < -0.4 is 11.1 Å². The predicted octanol–water partition coefficient (Wildman–Crippen LogP) is 1.08. The molecule has 3 N–H and O–H groups in total. The number of aryl methyl sites for hydroxylation is 1. The zero-order valence-corrected chi connectivity index (χ0v) is 9.98. The van der Waals surface area contributed by atoms with Crippen LogP contribution in [0.1, 0.15) is 31.6 Å². The van der Waals surface area contributed by atoms with Crippen molar-refractivity contribution in [1.82, 2.24) is 10.2 Å². The zero-order valence-electron chi connectivity index (χ0n) is 9.98. The molecule has 17 heavy (non-hydrogen) atoms. The smallest absolute Gasteiger partial charge is 0.322 e. The molecule has 0 spiro atoms. The molecule has 94 valence electrons. The number of carbonyl (C=O) groups is 1. The topological polar surface area (TPSA) is 94.0 Å². The third-order valence-corrected chi connectivity index (χ3v) is 3.30. The van der Waals surface area contributed by atoms with Gasteiger partial charge in [0.15, 0.2) is 0 Å². The van der Waals surface area contributed by atoms with Crippen LogP contribution in [0.5, 0.6) is 0 Å². The van der Waals surface area contributed by atoms with Crippen molar-refractivity contribution in [1.29, 1.82) is 0 Å². The first-order chi connectivity index (χ1) is 8.20. The highest BCUT2D eigenvalue weighted by Crippen LogP contribution is 2.30. The molecule has 0 radical (unpaired) electrons. The first kappa shape index (κ1) is 12.0. The Labute approximate surface area is 100.0 Å². The fourth-order valence-corrected chi connectivity index (χ4v) is 2.38. The molecule has 0 bridgehead atoms. The summed E-state index contributed by atoms with van der Waals surface area (Å²) < 4.78 is 5.13. The number of nitrogens with two attached hydrogens (primary N) is 1.